The summed E-state index contributed by atoms with van der Waals surface area (Å²) in [6.07, 6.45) is 1.08. The van der Waals surface area contributed by atoms with Crippen LogP contribution in [-0.2, 0) is 0 Å². The molecule has 2 unspecified atom stereocenters. The minimum absolute atomic E-state index is 0.152. The van der Waals surface area contributed by atoms with E-state index in [-0.39, 0.29) is 23.3 Å². The SMILES string of the molecule is COc1cccc(Nc2nc(N)c([N+](=O)[O-])c(N3CC(C)CC(C)C3)n2)c1. The van der Waals surface area contributed by atoms with Crippen LogP contribution in [0.15, 0.2) is 24.3 Å². The summed E-state index contributed by atoms with van der Waals surface area (Å²) in [7, 11) is 1.58. The van der Waals surface area contributed by atoms with Gasteiger partial charge in [0.15, 0.2) is 0 Å². The van der Waals surface area contributed by atoms with Crippen LogP contribution >= 0.6 is 0 Å². The Morgan fingerprint density at radius 3 is 2.63 bits per heavy atom. The van der Waals surface area contributed by atoms with Crippen LogP contribution in [0, 0.1) is 22.0 Å². The third kappa shape index (κ3) is 4.18. The standard InChI is InChI=1S/C18H24N6O3/c1-11-7-12(2)10-23(9-11)17-15(24(25)26)16(19)21-18(22-17)20-13-5-4-6-14(8-13)27-3/h4-6,8,11-12H,7,9-10H2,1-3H3,(H3,19,20,21,22). The molecule has 27 heavy (non-hydrogen) atoms. The third-order valence-electron chi connectivity index (χ3n) is 4.57. The number of hydrogen-bond donors (Lipinski definition) is 2. The number of nitrogens with one attached hydrogen (secondary N) is 1. The number of aromatic nitrogens is 2. The molecule has 3 N–H and O–H groups in total. The highest BCUT2D eigenvalue weighted by molar-refractivity contribution is 5.72. The summed E-state index contributed by atoms with van der Waals surface area (Å²) in [6.45, 7) is 5.66. The number of anilines is 4. The molecule has 0 spiro atoms. The zero-order valence-corrected chi connectivity index (χ0v) is 15.7. The highest BCUT2D eigenvalue weighted by atomic mass is 16.6. The predicted molar refractivity (Wildman–Crippen MR) is 105 cm³/mol. The van der Waals surface area contributed by atoms with Crippen molar-refractivity contribution < 1.29 is 9.66 Å². The molecule has 9 heteroatoms. The van der Waals surface area contributed by atoms with Crippen molar-refractivity contribution in [3.8, 4) is 5.75 Å². The maximum atomic E-state index is 11.6. The number of benzene rings is 1. The van der Waals surface area contributed by atoms with Gasteiger partial charge in [-0.25, -0.2) is 0 Å². The van der Waals surface area contributed by atoms with Crippen molar-refractivity contribution in [3.63, 3.8) is 0 Å². The Hall–Kier alpha value is -3.10. The number of nitro groups is 1. The van der Waals surface area contributed by atoms with Gasteiger partial charge in [-0.2, -0.15) is 9.97 Å². The molecular formula is C18H24N6O3. The van der Waals surface area contributed by atoms with Crippen molar-refractivity contribution in [2.75, 3.05) is 36.1 Å². The fourth-order valence-corrected chi connectivity index (χ4v) is 3.58. The van der Waals surface area contributed by atoms with E-state index in [4.69, 9.17) is 10.5 Å². The van der Waals surface area contributed by atoms with Gasteiger partial charge in [-0.1, -0.05) is 19.9 Å². The third-order valence-corrected chi connectivity index (χ3v) is 4.57. The van der Waals surface area contributed by atoms with E-state index in [1.165, 1.54) is 0 Å². The minimum atomic E-state index is -0.510. The Bertz CT molecular complexity index is 834. The number of ether oxygens (including phenoxy) is 1. The molecule has 144 valence electrons. The molecule has 0 aliphatic carbocycles. The van der Waals surface area contributed by atoms with Gasteiger partial charge in [-0.3, -0.25) is 10.1 Å². The second kappa shape index (κ2) is 7.65. The number of nitrogen functional groups attached to an aromatic ring is 1. The second-order valence-electron chi connectivity index (χ2n) is 7.07. The number of rotatable bonds is 5. The maximum Gasteiger partial charge on any atom is 0.353 e. The first-order chi connectivity index (χ1) is 12.9. The molecule has 2 aromatic rings. The monoisotopic (exact) mass is 372 g/mol. The average molecular weight is 372 g/mol. The lowest BCUT2D eigenvalue weighted by molar-refractivity contribution is -0.383. The number of nitrogens with zero attached hydrogens (tertiary/aromatic N) is 4. The van der Waals surface area contributed by atoms with Gasteiger partial charge in [0.05, 0.1) is 12.0 Å². The molecule has 0 amide bonds. The van der Waals surface area contributed by atoms with Crippen molar-refractivity contribution >= 4 is 29.0 Å². The lowest BCUT2D eigenvalue weighted by Crippen LogP contribution is -2.39. The molecule has 1 aliphatic rings. The first kappa shape index (κ1) is 18.7. The summed E-state index contributed by atoms with van der Waals surface area (Å²) in [5, 5.41) is 14.6. The summed E-state index contributed by atoms with van der Waals surface area (Å²) in [4.78, 5) is 21.5. The van der Waals surface area contributed by atoms with Gasteiger partial charge in [0.25, 0.3) is 0 Å². The molecule has 9 nitrogen and oxygen atoms in total. The quantitative estimate of drug-likeness (QED) is 0.606. The van der Waals surface area contributed by atoms with Crippen molar-refractivity contribution in [2.45, 2.75) is 20.3 Å². The van der Waals surface area contributed by atoms with E-state index < -0.39 is 4.92 Å². The molecule has 1 aromatic carbocycles. The Morgan fingerprint density at radius 2 is 2.00 bits per heavy atom. The molecule has 2 heterocycles. The zero-order valence-electron chi connectivity index (χ0n) is 15.7. The lowest BCUT2D eigenvalue weighted by Gasteiger charge is -2.35. The minimum Gasteiger partial charge on any atom is -0.497 e. The van der Waals surface area contributed by atoms with Gasteiger partial charge >= 0.3 is 5.69 Å². The fraction of sp³-hybridized carbons (Fsp3) is 0.444. The topological polar surface area (TPSA) is 119 Å². The molecule has 0 saturated carbocycles. The largest absolute Gasteiger partial charge is 0.497 e. The molecule has 0 radical (unpaired) electrons. The van der Waals surface area contributed by atoms with Crippen molar-refractivity contribution in [3.05, 3.63) is 34.4 Å². The summed E-state index contributed by atoms with van der Waals surface area (Å²) >= 11 is 0. The van der Waals surface area contributed by atoms with Gasteiger partial charge in [0, 0.05) is 24.8 Å². The van der Waals surface area contributed by atoms with Crippen molar-refractivity contribution in [1.82, 2.24) is 9.97 Å². The van der Waals surface area contributed by atoms with E-state index in [1.54, 1.807) is 13.2 Å². The summed E-state index contributed by atoms with van der Waals surface area (Å²) in [6, 6.07) is 7.25. The van der Waals surface area contributed by atoms with Crippen LogP contribution in [0.2, 0.25) is 0 Å². The number of nitrogens with two attached hydrogens (primary N) is 1. The maximum absolute atomic E-state index is 11.6. The van der Waals surface area contributed by atoms with Crippen LogP contribution in [0.5, 0.6) is 5.75 Å². The summed E-state index contributed by atoms with van der Waals surface area (Å²) in [5.41, 5.74) is 6.38. The molecular weight excluding hydrogens is 348 g/mol. The molecule has 1 aliphatic heterocycles. The van der Waals surface area contributed by atoms with Crippen molar-refractivity contribution in [2.24, 2.45) is 11.8 Å². The molecule has 0 bridgehead atoms. The van der Waals surface area contributed by atoms with Crippen molar-refractivity contribution in [1.29, 1.82) is 0 Å². The number of methoxy groups -OCH3 is 1. The van der Waals surface area contributed by atoms with Crippen LogP contribution in [0.3, 0.4) is 0 Å². The van der Waals surface area contributed by atoms with Crippen LogP contribution < -0.4 is 20.7 Å². The van der Waals surface area contributed by atoms with E-state index in [0.717, 1.165) is 6.42 Å². The summed E-state index contributed by atoms with van der Waals surface area (Å²) < 4.78 is 5.21. The Labute approximate surface area is 157 Å². The van der Waals surface area contributed by atoms with E-state index in [2.05, 4.69) is 29.1 Å². The smallest absolute Gasteiger partial charge is 0.353 e. The Kier molecular flexibility index (Phi) is 5.29. The van der Waals surface area contributed by atoms with Crippen LogP contribution in [0.25, 0.3) is 0 Å². The van der Waals surface area contributed by atoms with E-state index in [1.807, 2.05) is 23.1 Å². The Morgan fingerprint density at radius 1 is 1.30 bits per heavy atom. The summed E-state index contributed by atoms with van der Waals surface area (Å²) in [5.74, 6) is 1.83. The number of hydrogen-bond acceptors (Lipinski definition) is 8. The normalized spacial score (nSPS) is 19.6. The molecule has 3 rings (SSSR count). The first-order valence-electron chi connectivity index (χ1n) is 8.85. The van der Waals surface area contributed by atoms with Crippen LogP contribution in [-0.4, -0.2) is 35.1 Å². The molecule has 2 atom stereocenters. The molecule has 1 fully saturated rings. The fourth-order valence-electron chi connectivity index (χ4n) is 3.58. The highest BCUT2D eigenvalue weighted by Gasteiger charge is 2.31. The van der Waals surface area contributed by atoms with Gasteiger partial charge in [-0.15, -0.1) is 0 Å². The van der Waals surface area contributed by atoms with Crippen LogP contribution in [0.4, 0.5) is 29.0 Å². The molecule has 1 aromatic heterocycles. The Balaban J connectivity index is 1.99. The van der Waals surface area contributed by atoms with Gasteiger partial charge in [-0.05, 0) is 30.4 Å². The molecule has 1 saturated heterocycles. The second-order valence-corrected chi connectivity index (χ2v) is 7.07. The van der Waals surface area contributed by atoms with E-state index in [0.29, 0.717) is 36.4 Å². The van der Waals surface area contributed by atoms with Crippen LogP contribution in [0.1, 0.15) is 20.3 Å². The lowest BCUT2D eigenvalue weighted by atomic mass is 9.92. The predicted octanol–water partition coefficient (Wildman–Crippen LogP) is 3.20. The van der Waals surface area contributed by atoms with Gasteiger partial charge in [0.2, 0.25) is 17.6 Å². The first-order valence-corrected chi connectivity index (χ1v) is 8.85. The highest BCUT2D eigenvalue weighted by Crippen LogP contribution is 2.36. The number of piperidine rings is 1. The van der Waals surface area contributed by atoms with Gasteiger partial charge in [0.1, 0.15) is 5.75 Å². The average Bonchev–Trinajstić information content (AvgIpc) is 2.60. The van der Waals surface area contributed by atoms with E-state index >= 15 is 0 Å². The van der Waals surface area contributed by atoms with E-state index in [9.17, 15) is 10.1 Å². The van der Waals surface area contributed by atoms with Gasteiger partial charge < -0.3 is 20.7 Å². The zero-order chi connectivity index (χ0) is 19.6.